The van der Waals surface area contributed by atoms with Gasteiger partial charge in [0.15, 0.2) is 5.82 Å². The molecule has 0 aliphatic carbocycles. The number of aryl methyl sites for hydroxylation is 2. The summed E-state index contributed by atoms with van der Waals surface area (Å²) in [6.07, 6.45) is 2.22. The average molecular weight is 349 g/mol. The first-order valence-corrected chi connectivity index (χ1v) is 8.38. The van der Waals surface area contributed by atoms with Crippen LogP contribution in [0.25, 0.3) is 0 Å². The molecule has 2 aromatic rings. The van der Waals surface area contributed by atoms with E-state index in [9.17, 15) is 13.6 Å². The molecule has 1 amide bonds. The summed E-state index contributed by atoms with van der Waals surface area (Å²) in [4.78, 5) is 16.5. The van der Waals surface area contributed by atoms with Crippen molar-refractivity contribution in [3.05, 3.63) is 41.2 Å². The number of anilines is 1. The van der Waals surface area contributed by atoms with Gasteiger partial charge >= 0.3 is 0 Å². The molecule has 8 heteroatoms. The number of nitrogens with one attached hydrogen (secondary N) is 2. The van der Waals surface area contributed by atoms with E-state index >= 15 is 0 Å². The van der Waals surface area contributed by atoms with E-state index in [0.717, 1.165) is 37.8 Å². The fourth-order valence-corrected chi connectivity index (χ4v) is 2.93. The van der Waals surface area contributed by atoms with Crippen LogP contribution >= 0.6 is 0 Å². The van der Waals surface area contributed by atoms with Crippen LogP contribution < -0.4 is 10.6 Å². The number of rotatable bonds is 5. The van der Waals surface area contributed by atoms with Crippen LogP contribution in [0.5, 0.6) is 0 Å². The molecule has 134 valence electrons. The van der Waals surface area contributed by atoms with Gasteiger partial charge in [-0.2, -0.15) is 10.1 Å². The Morgan fingerprint density at radius 1 is 1.36 bits per heavy atom. The molecule has 25 heavy (non-hydrogen) atoms. The van der Waals surface area contributed by atoms with Crippen LogP contribution in [0.4, 0.5) is 14.7 Å². The first kappa shape index (κ1) is 17.5. The summed E-state index contributed by atoms with van der Waals surface area (Å²) in [6, 6.07) is 3.36. The minimum atomic E-state index is -0.639. The second kappa shape index (κ2) is 7.69. The van der Waals surface area contributed by atoms with Crippen molar-refractivity contribution < 1.29 is 13.6 Å². The van der Waals surface area contributed by atoms with Crippen molar-refractivity contribution in [1.82, 2.24) is 20.1 Å². The first-order chi connectivity index (χ1) is 12.0. The molecule has 1 aromatic heterocycles. The number of carbonyl (C=O) groups excluding carboxylic acids is 1. The highest BCUT2D eigenvalue weighted by Gasteiger charge is 2.21. The number of carbonyl (C=O) groups is 1. The smallest absolute Gasteiger partial charge is 0.227 e. The Morgan fingerprint density at radius 2 is 2.12 bits per heavy atom. The molecule has 0 radical (unpaired) electrons. The normalized spacial score (nSPS) is 15.3. The second-order valence-electron chi connectivity index (χ2n) is 6.23. The molecule has 0 bridgehead atoms. The predicted molar refractivity (Wildman–Crippen MR) is 89.2 cm³/mol. The Bertz CT molecular complexity index is 755. The van der Waals surface area contributed by atoms with Crippen LogP contribution in [0.1, 0.15) is 36.6 Å². The zero-order chi connectivity index (χ0) is 17.8. The van der Waals surface area contributed by atoms with Crippen molar-refractivity contribution in [2.75, 3.05) is 18.4 Å². The summed E-state index contributed by atoms with van der Waals surface area (Å²) in [5.74, 6) is -0.126. The van der Waals surface area contributed by atoms with Gasteiger partial charge in [-0.15, -0.1) is 0 Å². The first-order valence-electron chi connectivity index (χ1n) is 8.38. The third kappa shape index (κ3) is 4.39. The maximum absolute atomic E-state index is 13.6. The lowest BCUT2D eigenvalue weighted by Crippen LogP contribution is -2.27. The minimum absolute atomic E-state index is 0.0814. The molecule has 1 saturated heterocycles. The van der Waals surface area contributed by atoms with Crippen LogP contribution in [-0.4, -0.2) is 33.8 Å². The maximum atomic E-state index is 13.6. The summed E-state index contributed by atoms with van der Waals surface area (Å²) < 4.78 is 28.0. The Labute approximate surface area is 144 Å². The number of nitrogens with zero attached hydrogens (tertiary/aromatic N) is 3. The van der Waals surface area contributed by atoms with Gasteiger partial charge in [0.2, 0.25) is 11.9 Å². The molecule has 6 nitrogen and oxygen atoms in total. The molecule has 2 heterocycles. The van der Waals surface area contributed by atoms with E-state index in [2.05, 4.69) is 20.7 Å². The monoisotopic (exact) mass is 349 g/mol. The van der Waals surface area contributed by atoms with Crippen molar-refractivity contribution in [1.29, 1.82) is 0 Å². The molecule has 1 aromatic carbocycles. The second-order valence-corrected chi connectivity index (χ2v) is 6.23. The van der Waals surface area contributed by atoms with Gasteiger partial charge in [-0.25, -0.2) is 13.5 Å². The molecule has 2 N–H and O–H groups in total. The molecule has 0 unspecified atom stereocenters. The Morgan fingerprint density at radius 3 is 2.84 bits per heavy atom. The fraction of sp³-hybridized carbons (Fsp3) is 0.471. The highest BCUT2D eigenvalue weighted by Crippen LogP contribution is 2.23. The number of benzene rings is 1. The van der Waals surface area contributed by atoms with Gasteiger partial charge < -0.3 is 5.32 Å². The summed E-state index contributed by atoms with van der Waals surface area (Å²) in [5, 5.41) is 10.4. The summed E-state index contributed by atoms with van der Waals surface area (Å²) in [7, 11) is 1.73. The molecule has 1 fully saturated rings. The van der Waals surface area contributed by atoms with Crippen molar-refractivity contribution >= 4 is 11.9 Å². The van der Waals surface area contributed by atoms with Crippen LogP contribution in [0.15, 0.2) is 18.2 Å². The molecule has 0 saturated carbocycles. The van der Waals surface area contributed by atoms with Gasteiger partial charge in [-0.3, -0.25) is 10.1 Å². The van der Waals surface area contributed by atoms with Gasteiger partial charge in [-0.1, -0.05) is 6.07 Å². The van der Waals surface area contributed by atoms with Crippen LogP contribution in [0.2, 0.25) is 0 Å². The fourth-order valence-electron chi connectivity index (χ4n) is 2.93. The zero-order valence-corrected chi connectivity index (χ0v) is 14.1. The topological polar surface area (TPSA) is 71.8 Å². The van der Waals surface area contributed by atoms with Gasteiger partial charge in [0.25, 0.3) is 0 Å². The largest absolute Gasteiger partial charge is 0.317 e. The van der Waals surface area contributed by atoms with Crippen LogP contribution in [0.3, 0.4) is 0 Å². The van der Waals surface area contributed by atoms with E-state index in [0.29, 0.717) is 17.4 Å². The van der Waals surface area contributed by atoms with Crippen molar-refractivity contribution in [3.8, 4) is 0 Å². The quantitative estimate of drug-likeness (QED) is 0.867. The molecule has 1 aliphatic rings. The lowest BCUT2D eigenvalue weighted by atomic mass is 9.98. The highest BCUT2D eigenvalue weighted by atomic mass is 19.1. The van der Waals surface area contributed by atoms with E-state index in [-0.39, 0.29) is 18.7 Å². The number of hydrogen-bond acceptors (Lipinski definition) is 4. The highest BCUT2D eigenvalue weighted by molar-refractivity contribution is 5.89. The third-order valence-electron chi connectivity index (χ3n) is 4.37. The SMILES string of the molecule is Cn1nc(C2CCNCC2)nc1NC(=O)CCc1ccc(F)cc1F. The van der Waals surface area contributed by atoms with Gasteiger partial charge in [0, 0.05) is 25.5 Å². The number of piperidine rings is 1. The number of aromatic nitrogens is 3. The maximum Gasteiger partial charge on any atom is 0.227 e. The third-order valence-corrected chi connectivity index (χ3v) is 4.37. The molecule has 3 rings (SSSR count). The van der Waals surface area contributed by atoms with Crippen molar-refractivity contribution in [3.63, 3.8) is 0 Å². The Hall–Kier alpha value is -2.35. The number of halogens is 2. The molecule has 0 atom stereocenters. The molecule has 0 spiro atoms. The predicted octanol–water partition coefficient (Wildman–Crippen LogP) is 2.13. The Kier molecular flexibility index (Phi) is 5.37. The number of amides is 1. The van der Waals surface area contributed by atoms with Crippen molar-refractivity contribution in [2.45, 2.75) is 31.6 Å². The van der Waals surface area contributed by atoms with Crippen molar-refractivity contribution in [2.24, 2.45) is 7.05 Å². The van der Waals surface area contributed by atoms with E-state index < -0.39 is 11.6 Å². The van der Waals surface area contributed by atoms with Gasteiger partial charge in [-0.05, 0) is 44.0 Å². The standard InChI is InChI=1S/C17H21F2N5O/c1-24-17(22-16(23-24)12-6-8-20-9-7-12)21-15(25)5-3-11-2-4-13(18)10-14(11)19/h2,4,10,12,20H,3,5-9H2,1H3,(H,21,22,23,25). The van der Waals surface area contributed by atoms with Gasteiger partial charge in [0.05, 0.1) is 0 Å². The van der Waals surface area contributed by atoms with Gasteiger partial charge in [0.1, 0.15) is 11.6 Å². The zero-order valence-electron chi connectivity index (χ0n) is 14.1. The van der Waals surface area contributed by atoms with E-state index in [4.69, 9.17) is 0 Å². The molecule has 1 aliphatic heterocycles. The average Bonchev–Trinajstić information content (AvgIpc) is 2.95. The van der Waals surface area contributed by atoms with Crippen LogP contribution in [-0.2, 0) is 18.3 Å². The summed E-state index contributed by atoms with van der Waals surface area (Å²) >= 11 is 0. The Balaban J connectivity index is 1.58. The lowest BCUT2D eigenvalue weighted by Gasteiger charge is -2.19. The summed E-state index contributed by atoms with van der Waals surface area (Å²) in [5.41, 5.74) is 0.310. The number of hydrogen-bond donors (Lipinski definition) is 2. The van der Waals surface area contributed by atoms with E-state index in [1.165, 1.54) is 12.1 Å². The molecular weight excluding hydrogens is 328 g/mol. The minimum Gasteiger partial charge on any atom is -0.317 e. The van der Waals surface area contributed by atoms with E-state index in [1.54, 1.807) is 11.7 Å². The summed E-state index contributed by atoms with van der Waals surface area (Å²) in [6.45, 7) is 1.88. The molecular formula is C17H21F2N5O. The lowest BCUT2D eigenvalue weighted by molar-refractivity contribution is -0.116. The van der Waals surface area contributed by atoms with Crippen LogP contribution in [0, 0.1) is 11.6 Å². The van der Waals surface area contributed by atoms with E-state index in [1.807, 2.05) is 0 Å².